The molecule has 0 amide bonds. The molecule has 1 aromatic carbocycles. The van der Waals surface area contributed by atoms with Crippen LogP contribution >= 0.6 is 0 Å². The lowest BCUT2D eigenvalue weighted by Crippen LogP contribution is -1.89. The summed E-state index contributed by atoms with van der Waals surface area (Å²) >= 11 is 0. The Kier molecular flexibility index (Phi) is 2.06. The summed E-state index contributed by atoms with van der Waals surface area (Å²) in [6.45, 7) is 5.95. The summed E-state index contributed by atoms with van der Waals surface area (Å²) in [5, 5.41) is 0.703. The van der Waals surface area contributed by atoms with Crippen LogP contribution in [-0.4, -0.2) is 4.98 Å². The Morgan fingerprint density at radius 2 is 2.00 bits per heavy atom. The Hall–Kier alpha value is -1.31. The fourth-order valence-corrected chi connectivity index (χ4v) is 1.69. The first-order valence-corrected chi connectivity index (χ1v) is 4.87. The monoisotopic (exact) mass is 191 g/mol. The normalized spacial score (nSPS) is 11.5. The Morgan fingerprint density at radius 3 is 2.64 bits per heavy atom. The lowest BCUT2D eigenvalue weighted by molar-refractivity contribution is 0.605. The van der Waals surface area contributed by atoms with E-state index in [4.69, 9.17) is 0 Å². The topological polar surface area (TPSA) is 15.8 Å². The maximum absolute atomic E-state index is 13.8. The molecule has 0 saturated heterocycles. The maximum Gasteiger partial charge on any atom is 0.151 e. The third-order valence-corrected chi connectivity index (χ3v) is 2.49. The van der Waals surface area contributed by atoms with Crippen molar-refractivity contribution in [3.05, 3.63) is 35.3 Å². The van der Waals surface area contributed by atoms with Crippen molar-refractivity contribution in [1.29, 1.82) is 0 Å². The van der Waals surface area contributed by atoms with Crippen molar-refractivity contribution in [2.45, 2.75) is 26.7 Å². The molecule has 0 unspecified atom stereocenters. The van der Waals surface area contributed by atoms with E-state index in [9.17, 15) is 4.39 Å². The first-order valence-electron chi connectivity index (χ1n) is 4.87. The molecule has 14 heavy (non-hydrogen) atoms. The average molecular weight is 191 g/mol. The van der Waals surface area contributed by atoms with E-state index < -0.39 is 0 Å². The third-order valence-electron chi connectivity index (χ3n) is 2.49. The first-order chi connectivity index (χ1) is 6.59. The molecule has 2 aromatic rings. The molecule has 0 spiro atoms. The number of aryl methyl sites for hydroxylation is 1. The van der Waals surface area contributed by atoms with E-state index in [1.54, 1.807) is 0 Å². The largest absolute Gasteiger partial charge is 0.356 e. The predicted octanol–water partition coefficient (Wildman–Crippen LogP) is 3.74. The Bertz CT molecular complexity index is 468. The summed E-state index contributed by atoms with van der Waals surface area (Å²) in [7, 11) is 0. The van der Waals surface area contributed by atoms with Gasteiger partial charge in [0.05, 0.1) is 5.69 Å². The van der Waals surface area contributed by atoms with Gasteiger partial charge in [-0.15, -0.1) is 0 Å². The van der Waals surface area contributed by atoms with Crippen molar-refractivity contribution in [3.8, 4) is 0 Å². The molecule has 0 fully saturated rings. The first kappa shape index (κ1) is 9.25. The van der Waals surface area contributed by atoms with Crippen LogP contribution in [-0.2, 0) is 0 Å². The quantitative estimate of drug-likeness (QED) is 0.706. The van der Waals surface area contributed by atoms with Crippen LogP contribution in [0.2, 0.25) is 0 Å². The van der Waals surface area contributed by atoms with Crippen molar-refractivity contribution in [3.63, 3.8) is 0 Å². The van der Waals surface area contributed by atoms with Gasteiger partial charge in [-0.2, -0.15) is 0 Å². The zero-order valence-electron chi connectivity index (χ0n) is 8.69. The van der Waals surface area contributed by atoms with Crippen molar-refractivity contribution in [2.75, 3.05) is 0 Å². The number of hydrogen-bond acceptors (Lipinski definition) is 0. The van der Waals surface area contributed by atoms with Crippen LogP contribution in [0.1, 0.15) is 31.0 Å². The standard InChI is InChI=1S/C12H14FN/c1-7(2)12-11(13)9-6-8(3)4-5-10(9)14-12/h4-7,14H,1-3H3. The van der Waals surface area contributed by atoms with Crippen LogP contribution in [0.5, 0.6) is 0 Å². The molecule has 0 atom stereocenters. The molecule has 1 aromatic heterocycles. The average Bonchev–Trinajstić information content (AvgIpc) is 2.44. The molecule has 0 saturated carbocycles. The summed E-state index contributed by atoms with van der Waals surface area (Å²) in [6.07, 6.45) is 0. The van der Waals surface area contributed by atoms with Crippen molar-refractivity contribution in [1.82, 2.24) is 4.98 Å². The highest BCUT2D eigenvalue weighted by Crippen LogP contribution is 2.26. The zero-order chi connectivity index (χ0) is 10.3. The summed E-state index contributed by atoms with van der Waals surface area (Å²) in [5.74, 6) is 0.0985. The number of aromatic amines is 1. The predicted molar refractivity (Wildman–Crippen MR) is 57.1 cm³/mol. The smallest absolute Gasteiger partial charge is 0.151 e. The Morgan fingerprint density at radius 1 is 1.29 bits per heavy atom. The molecule has 0 radical (unpaired) electrons. The Labute approximate surface area is 82.9 Å². The van der Waals surface area contributed by atoms with Crippen LogP contribution in [0.25, 0.3) is 10.9 Å². The number of aromatic nitrogens is 1. The molecule has 2 heteroatoms. The number of fused-ring (bicyclic) bond motifs is 1. The van der Waals surface area contributed by atoms with E-state index in [2.05, 4.69) is 4.98 Å². The molecule has 1 heterocycles. The lowest BCUT2D eigenvalue weighted by atomic mass is 10.1. The lowest BCUT2D eigenvalue weighted by Gasteiger charge is -1.99. The van der Waals surface area contributed by atoms with E-state index in [0.717, 1.165) is 11.1 Å². The van der Waals surface area contributed by atoms with Gasteiger partial charge in [0.1, 0.15) is 0 Å². The van der Waals surface area contributed by atoms with Crippen molar-refractivity contribution >= 4 is 10.9 Å². The van der Waals surface area contributed by atoms with Crippen molar-refractivity contribution < 1.29 is 4.39 Å². The molecule has 0 aliphatic heterocycles. The third kappa shape index (κ3) is 1.31. The number of benzene rings is 1. The second kappa shape index (κ2) is 3.12. The second-order valence-corrected chi connectivity index (χ2v) is 4.06. The highest BCUT2D eigenvalue weighted by molar-refractivity contribution is 5.82. The summed E-state index contributed by atoms with van der Waals surface area (Å²) in [4.78, 5) is 3.12. The second-order valence-electron chi connectivity index (χ2n) is 4.06. The molecule has 1 N–H and O–H groups in total. The number of H-pyrrole nitrogens is 1. The Balaban J connectivity index is 2.74. The van der Waals surface area contributed by atoms with Gasteiger partial charge in [0.2, 0.25) is 0 Å². The fraction of sp³-hybridized carbons (Fsp3) is 0.333. The van der Waals surface area contributed by atoms with Gasteiger partial charge in [0.15, 0.2) is 5.82 Å². The van der Waals surface area contributed by atoms with Gasteiger partial charge in [-0.1, -0.05) is 25.5 Å². The fourth-order valence-electron chi connectivity index (χ4n) is 1.69. The van der Waals surface area contributed by atoms with Gasteiger partial charge < -0.3 is 4.98 Å². The van der Waals surface area contributed by atoms with Crippen LogP contribution in [0.3, 0.4) is 0 Å². The number of hydrogen-bond donors (Lipinski definition) is 1. The highest BCUT2D eigenvalue weighted by atomic mass is 19.1. The molecular formula is C12H14FN. The minimum absolute atomic E-state index is 0.0984. The molecule has 0 aliphatic carbocycles. The molecule has 0 bridgehead atoms. The summed E-state index contributed by atoms with van der Waals surface area (Å²) in [6, 6.07) is 5.80. The van der Waals surface area contributed by atoms with Gasteiger partial charge in [-0.3, -0.25) is 0 Å². The highest BCUT2D eigenvalue weighted by Gasteiger charge is 2.13. The minimum atomic E-state index is -0.0984. The van der Waals surface area contributed by atoms with Gasteiger partial charge in [-0.25, -0.2) is 4.39 Å². The van der Waals surface area contributed by atoms with E-state index >= 15 is 0 Å². The summed E-state index contributed by atoms with van der Waals surface area (Å²) < 4.78 is 13.8. The van der Waals surface area contributed by atoms with Crippen LogP contribution in [0, 0.1) is 12.7 Å². The molecule has 74 valence electrons. The number of rotatable bonds is 1. The molecule has 1 nitrogen and oxygen atoms in total. The van der Waals surface area contributed by atoms with E-state index in [1.807, 2.05) is 39.0 Å². The van der Waals surface area contributed by atoms with Crippen LogP contribution in [0.4, 0.5) is 4.39 Å². The van der Waals surface area contributed by atoms with Crippen LogP contribution < -0.4 is 0 Å². The minimum Gasteiger partial charge on any atom is -0.356 e. The SMILES string of the molecule is Cc1ccc2[nH]c(C(C)C)c(F)c2c1. The van der Waals surface area contributed by atoms with E-state index in [1.165, 1.54) is 0 Å². The van der Waals surface area contributed by atoms with Gasteiger partial charge in [0.25, 0.3) is 0 Å². The number of halogens is 1. The van der Waals surface area contributed by atoms with E-state index in [0.29, 0.717) is 11.1 Å². The molecule has 2 rings (SSSR count). The summed E-state index contributed by atoms with van der Waals surface area (Å²) in [5.41, 5.74) is 2.67. The number of nitrogens with one attached hydrogen (secondary N) is 1. The van der Waals surface area contributed by atoms with Gasteiger partial charge in [0, 0.05) is 10.9 Å². The molecular weight excluding hydrogens is 177 g/mol. The zero-order valence-corrected chi connectivity index (χ0v) is 8.69. The maximum atomic E-state index is 13.8. The van der Waals surface area contributed by atoms with Crippen molar-refractivity contribution in [2.24, 2.45) is 0 Å². The van der Waals surface area contributed by atoms with Gasteiger partial charge in [-0.05, 0) is 25.0 Å². The van der Waals surface area contributed by atoms with Crippen LogP contribution in [0.15, 0.2) is 18.2 Å². The van der Waals surface area contributed by atoms with Gasteiger partial charge >= 0.3 is 0 Å². The molecule has 0 aliphatic rings. The van der Waals surface area contributed by atoms with E-state index in [-0.39, 0.29) is 11.7 Å².